The Morgan fingerprint density at radius 2 is 2.26 bits per heavy atom. The minimum atomic E-state index is -0.0539. The molecule has 2 N–H and O–H groups in total. The molecule has 1 saturated heterocycles. The van der Waals surface area contributed by atoms with E-state index in [4.69, 9.17) is 17.0 Å². The maximum absolute atomic E-state index is 12.6. The molecule has 1 atom stereocenters. The van der Waals surface area contributed by atoms with Gasteiger partial charge >= 0.3 is 0 Å². The van der Waals surface area contributed by atoms with E-state index in [0.717, 1.165) is 60.9 Å². The molecule has 3 rings (SSSR count). The number of unbranched alkanes of at least 4 members (excludes halogenated alkanes) is 1. The van der Waals surface area contributed by atoms with E-state index in [0.29, 0.717) is 18.2 Å². The molecule has 5 nitrogen and oxygen atoms in total. The first-order valence-electron chi connectivity index (χ1n) is 9.83. The zero-order chi connectivity index (χ0) is 19.2. The molecule has 1 aliphatic heterocycles. The quantitative estimate of drug-likeness (QED) is 0.563. The summed E-state index contributed by atoms with van der Waals surface area (Å²) in [7, 11) is 0. The van der Waals surface area contributed by atoms with E-state index >= 15 is 0 Å². The van der Waals surface area contributed by atoms with Crippen LogP contribution in [0.1, 0.15) is 43.7 Å². The van der Waals surface area contributed by atoms with Gasteiger partial charge in [0.05, 0.1) is 12.6 Å². The second-order valence-electron chi connectivity index (χ2n) is 7.32. The van der Waals surface area contributed by atoms with Gasteiger partial charge in [0, 0.05) is 30.8 Å². The topological polar surface area (TPSA) is 57.4 Å². The molecular weight excluding hydrogens is 358 g/mol. The zero-order valence-electron chi connectivity index (χ0n) is 16.2. The van der Waals surface area contributed by atoms with Crippen molar-refractivity contribution < 1.29 is 4.74 Å². The Balaban J connectivity index is 1.80. The number of nitrogens with zero attached hydrogens (tertiary/aromatic N) is 1. The number of thiocarbonyl (C=S) groups is 1. The van der Waals surface area contributed by atoms with E-state index in [2.05, 4.69) is 28.2 Å². The standard InChI is InChI=1S/C21H29N3O2S/c1-3-4-9-22-21(27)24(14-18-6-5-10-26-18)13-17-12-16-8-7-15(2)11-19(16)23-20(17)25/h7-8,11-12,18H,3-6,9-10,13-14H2,1-2H3,(H,22,27)(H,23,25)/t18-/m1/s1. The fourth-order valence-corrected chi connectivity index (χ4v) is 3.66. The number of aromatic nitrogens is 1. The van der Waals surface area contributed by atoms with Crippen molar-refractivity contribution in [3.05, 3.63) is 45.7 Å². The molecule has 2 aromatic rings. The average molecular weight is 388 g/mol. The van der Waals surface area contributed by atoms with E-state index < -0.39 is 0 Å². The Hall–Kier alpha value is -1.92. The number of hydrogen-bond acceptors (Lipinski definition) is 3. The normalized spacial score (nSPS) is 16.6. The SMILES string of the molecule is CCCCNC(=S)N(Cc1cc2ccc(C)cc2[nH]c1=O)C[C@H]1CCCO1. The highest BCUT2D eigenvalue weighted by Gasteiger charge is 2.22. The third kappa shape index (κ3) is 5.30. The van der Waals surface area contributed by atoms with Crippen molar-refractivity contribution >= 4 is 28.2 Å². The Labute approximate surface area is 166 Å². The summed E-state index contributed by atoms with van der Waals surface area (Å²) in [6.45, 7) is 7.04. The van der Waals surface area contributed by atoms with Gasteiger partial charge in [0.25, 0.3) is 5.56 Å². The fraction of sp³-hybridized carbons (Fsp3) is 0.524. The van der Waals surface area contributed by atoms with Gasteiger partial charge in [0.2, 0.25) is 0 Å². The van der Waals surface area contributed by atoms with Crippen LogP contribution in [0.5, 0.6) is 0 Å². The summed E-state index contributed by atoms with van der Waals surface area (Å²) < 4.78 is 5.80. The van der Waals surface area contributed by atoms with Crippen LogP contribution in [-0.4, -0.2) is 40.8 Å². The molecule has 2 heterocycles. The van der Waals surface area contributed by atoms with Gasteiger partial charge in [-0.15, -0.1) is 0 Å². The van der Waals surface area contributed by atoms with Crippen molar-refractivity contribution in [2.75, 3.05) is 19.7 Å². The first-order valence-corrected chi connectivity index (χ1v) is 10.2. The number of aromatic amines is 1. The average Bonchev–Trinajstić information content (AvgIpc) is 3.15. The highest BCUT2D eigenvalue weighted by molar-refractivity contribution is 7.80. The molecule has 0 saturated carbocycles. The second kappa shape index (κ2) is 9.33. The predicted octanol–water partition coefficient (Wildman–Crippen LogP) is 3.49. The van der Waals surface area contributed by atoms with Crippen LogP contribution in [0.15, 0.2) is 29.1 Å². The zero-order valence-corrected chi connectivity index (χ0v) is 17.0. The number of hydrogen-bond donors (Lipinski definition) is 2. The lowest BCUT2D eigenvalue weighted by Crippen LogP contribution is -2.44. The van der Waals surface area contributed by atoms with Crippen LogP contribution in [0.25, 0.3) is 10.9 Å². The Kier molecular flexibility index (Phi) is 6.85. The number of fused-ring (bicyclic) bond motifs is 1. The predicted molar refractivity (Wildman–Crippen MR) is 114 cm³/mol. The van der Waals surface area contributed by atoms with Crippen LogP contribution < -0.4 is 10.9 Å². The van der Waals surface area contributed by atoms with Gasteiger partial charge in [-0.2, -0.15) is 0 Å². The van der Waals surface area contributed by atoms with Crippen LogP contribution in [0.2, 0.25) is 0 Å². The molecule has 1 aromatic carbocycles. The number of nitrogens with one attached hydrogen (secondary N) is 2. The van der Waals surface area contributed by atoms with Gasteiger partial charge in [-0.3, -0.25) is 4.79 Å². The molecule has 0 radical (unpaired) electrons. The van der Waals surface area contributed by atoms with Crippen LogP contribution in [0, 0.1) is 6.92 Å². The van der Waals surface area contributed by atoms with Gasteiger partial charge in [0.15, 0.2) is 5.11 Å². The Morgan fingerprint density at radius 3 is 3.00 bits per heavy atom. The number of benzene rings is 1. The van der Waals surface area contributed by atoms with E-state index in [1.807, 2.05) is 25.1 Å². The molecule has 0 bridgehead atoms. The van der Waals surface area contributed by atoms with Crippen LogP contribution in [0.4, 0.5) is 0 Å². The molecule has 1 fully saturated rings. The summed E-state index contributed by atoms with van der Waals surface area (Å²) >= 11 is 5.63. The van der Waals surface area contributed by atoms with E-state index in [1.165, 1.54) is 0 Å². The van der Waals surface area contributed by atoms with Gasteiger partial charge in [-0.05, 0) is 61.5 Å². The monoisotopic (exact) mass is 387 g/mol. The fourth-order valence-electron chi connectivity index (χ4n) is 3.42. The van der Waals surface area contributed by atoms with Crippen molar-refractivity contribution in [2.45, 2.75) is 52.2 Å². The lowest BCUT2D eigenvalue weighted by atomic mass is 10.1. The van der Waals surface area contributed by atoms with Crippen molar-refractivity contribution in [3.63, 3.8) is 0 Å². The first kappa shape index (κ1) is 19.8. The second-order valence-corrected chi connectivity index (χ2v) is 7.70. The highest BCUT2D eigenvalue weighted by Crippen LogP contribution is 2.17. The van der Waals surface area contributed by atoms with E-state index in [1.54, 1.807) is 0 Å². The van der Waals surface area contributed by atoms with Crippen molar-refractivity contribution in [1.82, 2.24) is 15.2 Å². The molecular formula is C21H29N3O2S. The number of aryl methyl sites for hydroxylation is 1. The summed E-state index contributed by atoms with van der Waals surface area (Å²) in [4.78, 5) is 17.7. The Morgan fingerprint density at radius 1 is 1.41 bits per heavy atom. The third-order valence-corrected chi connectivity index (χ3v) is 5.38. The lowest BCUT2D eigenvalue weighted by molar-refractivity contribution is 0.0897. The van der Waals surface area contributed by atoms with Crippen molar-refractivity contribution in [1.29, 1.82) is 0 Å². The molecule has 0 unspecified atom stereocenters. The molecule has 0 aliphatic carbocycles. The van der Waals surface area contributed by atoms with Crippen molar-refractivity contribution in [2.24, 2.45) is 0 Å². The molecule has 1 aliphatic rings. The molecule has 0 spiro atoms. The van der Waals surface area contributed by atoms with Crippen LogP contribution in [-0.2, 0) is 11.3 Å². The molecule has 146 valence electrons. The molecule has 1 aromatic heterocycles. The smallest absolute Gasteiger partial charge is 0.253 e. The molecule has 0 amide bonds. The van der Waals surface area contributed by atoms with Gasteiger partial charge in [-0.25, -0.2) is 0 Å². The number of H-pyrrole nitrogens is 1. The molecule has 6 heteroatoms. The summed E-state index contributed by atoms with van der Waals surface area (Å²) in [6.07, 6.45) is 4.50. The lowest BCUT2D eigenvalue weighted by Gasteiger charge is -2.28. The maximum atomic E-state index is 12.6. The highest BCUT2D eigenvalue weighted by atomic mass is 32.1. The largest absolute Gasteiger partial charge is 0.376 e. The van der Waals surface area contributed by atoms with Gasteiger partial charge in [-0.1, -0.05) is 25.5 Å². The first-order chi connectivity index (χ1) is 13.1. The number of pyridine rings is 1. The summed E-state index contributed by atoms with van der Waals surface area (Å²) in [5.41, 5.74) is 2.68. The van der Waals surface area contributed by atoms with Gasteiger partial charge in [0.1, 0.15) is 0 Å². The minimum absolute atomic E-state index is 0.0539. The summed E-state index contributed by atoms with van der Waals surface area (Å²) in [5, 5.41) is 5.07. The van der Waals surface area contributed by atoms with Crippen LogP contribution in [0.3, 0.4) is 0 Å². The van der Waals surface area contributed by atoms with E-state index in [9.17, 15) is 4.79 Å². The number of rotatable bonds is 7. The molecule has 27 heavy (non-hydrogen) atoms. The van der Waals surface area contributed by atoms with Crippen LogP contribution >= 0.6 is 12.2 Å². The van der Waals surface area contributed by atoms with Crippen molar-refractivity contribution in [3.8, 4) is 0 Å². The third-order valence-electron chi connectivity index (χ3n) is 4.98. The Bertz CT molecular complexity index is 843. The number of ether oxygens (including phenoxy) is 1. The summed E-state index contributed by atoms with van der Waals surface area (Å²) in [5.74, 6) is 0. The maximum Gasteiger partial charge on any atom is 0.253 e. The van der Waals surface area contributed by atoms with Gasteiger partial charge < -0.3 is 19.9 Å². The summed E-state index contributed by atoms with van der Waals surface area (Å²) in [6, 6.07) is 8.09. The minimum Gasteiger partial charge on any atom is -0.376 e. The van der Waals surface area contributed by atoms with E-state index in [-0.39, 0.29) is 11.7 Å².